The molecule has 7 heteroatoms. The third-order valence-electron chi connectivity index (χ3n) is 6.72. The third kappa shape index (κ3) is 14.3. The zero-order valence-corrected chi connectivity index (χ0v) is 21.3. The number of rotatable bonds is 21. The molecule has 0 rings (SSSR count). The lowest BCUT2D eigenvalue weighted by molar-refractivity contribution is -0.172. The number of unbranched alkanes of at least 4 members (excludes halogenated alkanes) is 2. The summed E-state index contributed by atoms with van der Waals surface area (Å²) in [5.74, 6) is -2.13. The molecule has 0 aliphatic rings. The van der Waals surface area contributed by atoms with Crippen LogP contribution in [0.15, 0.2) is 0 Å². The summed E-state index contributed by atoms with van der Waals surface area (Å²) in [4.78, 5) is 34.1. The molecule has 0 radical (unpaired) electrons. The van der Waals surface area contributed by atoms with Crippen molar-refractivity contribution in [3.8, 4) is 0 Å². The van der Waals surface area contributed by atoms with Crippen LogP contribution in [0, 0.1) is 17.8 Å². The fraction of sp³-hybridized carbons (Fsp3) is 0.885. The highest BCUT2D eigenvalue weighted by atomic mass is 16.5. The maximum atomic E-state index is 12.0. The molecule has 0 aromatic rings. The molecule has 3 unspecified atom stereocenters. The average Bonchev–Trinajstić information content (AvgIpc) is 2.75. The molecule has 0 aliphatic heterocycles. The summed E-state index contributed by atoms with van der Waals surface area (Å²) in [6.45, 7) is 9.11. The Morgan fingerprint density at radius 2 is 1.24 bits per heavy atom. The minimum Gasteiger partial charge on any atom is -0.481 e. The molecule has 0 aromatic heterocycles. The van der Waals surface area contributed by atoms with Gasteiger partial charge in [-0.25, -0.2) is 4.79 Å². The van der Waals surface area contributed by atoms with Crippen molar-refractivity contribution in [3.05, 3.63) is 0 Å². The quantitative estimate of drug-likeness (QED) is 0.142. The van der Waals surface area contributed by atoms with Gasteiger partial charge in [0.2, 0.25) is 0 Å². The van der Waals surface area contributed by atoms with Gasteiger partial charge in [0.15, 0.2) is 5.60 Å². The Kier molecular flexibility index (Phi) is 16.9. The number of carbonyl (C=O) groups excluding carboxylic acids is 1. The molecule has 194 valence electrons. The second kappa shape index (κ2) is 17.8. The monoisotopic (exact) mass is 472 g/mol. The van der Waals surface area contributed by atoms with Gasteiger partial charge in [-0.05, 0) is 43.4 Å². The number of hydrogen-bond donors (Lipinski definition) is 3. The number of hydrogen-bond acceptors (Lipinski definition) is 5. The zero-order valence-electron chi connectivity index (χ0n) is 21.3. The largest absolute Gasteiger partial charge is 0.481 e. The number of ether oxygens (including phenoxy) is 1. The van der Waals surface area contributed by atoms with Crippen LogP contribution in [0.2, 0.25) is 0 Å². The van der Waals surface area contributed by atoms with Crippen LogP contribution in [-0.4, -0.2) is 45.4 Å². The van der Waals surface area contributed by atoms with Gasteiger partial charge in [-0.15, -0.1) is 0 Å². The highest BCUT2D eigenvalue weighted by Gasteiger charge is 2.41. The van der Waals surface area contributed by atoms with Gasteiger partial charge in [-0.2, -0.15) is 0 Å². The second-order valence-electron chi connectivity index (χ2n) is 9.62. The topological polar surface area (TPSA) is 121 Å². The molecular weight excluding hydrogens is 424 g/mol. The highest BCUT2D eigenvalue weighted by molar-refractivity contribution is 5.88. The predicted octanol–water partition coefficient (Wildman–Crippen LogP) is 5.82. The Hall–Kier alpha value is -1.63. The van der Waals surface area contributed by atoms with Crippen LogP contribution < -0.4 is 0 Å². The lowest BCUT2D eigenvalue weighted by Gasteiger charge is -2.27. The van der Waals surface area contributed by atoms with Crippen molar-refractivity contribution in [1.82, 2.24) is 0 Å². The normalized spacial score (nSPS) is 15.9. The predicted molar refractivity (Wildman–Crippen MR) is 129 cm³/mol. The van der Waals surface area contributed by atoms with Gasteiger partial charge in [0.05, 0.1) is 19.4 Å². The summed E-state index contributed by atoms with van der Waals surface area (Å²) in [6.07, 6.45) is 11.8. The number of carboxylic acid groups (broad SMARTS) is 2. The summed E-state index contributed by atoms with van der Waals surface area (Å²) in [5.41, 5.74) is -2.65. The van der Waals surface area contributed by atoms with E-state index in [-0.39, 0.29) is 6.61 Å². The van der Waals surface area contributed by atoms with E-state index in [2.05, 4.69) is 27.7 Å². The molecule has 0 fully saturated rings. The van der Waals surface area contributed by atoms with Crippen LogP contribution in [0.4, 0.5) is 0 Å². The van der Waals surface area contributed by atoms with E-state index in [1.54, 1.807) is 0 Å². The van der Waals surface area contributed by atoms with Gasteiger partial charge in [0.25, 0.3) is 0 Å². The standard InChI is InChI=1S/C26H48O7/c1-5-9-12-20(7-3)16-22(17-21(8-4)13-10-6-2)14-11-15-33-24(29)19-26(32,25(30)31)18-23(27)28/h20-22,32H,5-19H2,1-4H3,(H,27,28)(H,30,31). The van der Waals surface area contributed by atoms with Crippen molar-refractivity contribution in [3.63, 3.8) is 0 Å². The van der Waals surface area contributed by atoms with Gasteiger partial charge >= 0.3 is 17.9 Å². The van der Waals surface area contributed by atoms with Crippen molar-refractivity contribution in [2.45, 2.75) is 123 Å². The molecule has 0 aromatic carbocycles. The number of esters is 1. The zero-order chi connectivity index (χ0) is 25.3. The van der Waals surface area contributed by atoms with E-state index in [1.165, 1.54) is 64.2 Å². The first-order chi connectivity index (χ1) is 15.6. The summed E-state index contributed by atoms with van der Waals surface area (Å²) in [5, 5.41) is 27.9. The maximum Gasteiger partial charge on any atom is 0.336 e. The number of carboxylic acids is 2. The van der Waals surface area contributed by atoms with Crippen LogP contribution >= 0.6 is 0 Å². The Morgan fingerprint density at radius 3 is 1.64 bits per heavy atom. The third-order valence-corrected chi connectivity index (χ3v) is 6.72. The fourth-order valence-corrected chi connectivity index (χ4v) is 4.55. The Bertz CT molecular complexity index is 545. The van der Waals surface area contributed by atoms with Crippen molar-refractivity contribution in [2.75, 3.05) is 6.61 Å². The number of carbonyl (C=O) groups is 3. The van der Waals surface area contributed by atoms with Gasteiger partial charge < -0.3 is 20.1 Å². The summed E-state index contributed by atoms with van der Waals surface area (Å²) in [7, 11) is 0. The van der Waals surface area contributed by atoms with E-state index in [1.807, 2.05) is 0 Å². The number of aliphatic carboxylic acids is 2. The maximum absolute atomic E-state index is 12.0. The SMILES string of the molecule is CCCCC(CC)CC(CCCOC(=O)CC(O)(CC(=O)O)C(=O)O)CC(CC)CCCC. The van der Waals surface area contributed by atoms with Gasteiger partial charge in [0.1, 0.15) is 0 Å². The first-order valence-electron chi connectivity index (χ1n) is 12.9. The lowest BCUT2D eigenvalue weighted by Crippen LogP contribution is -2.43. The van der Waals surface area contributed by atoms with E-state index in [9.17, 15) is 19.5 Å². The van der Waals surface area contributed by atoms with Crippen LogP contribution in [0.5, 0.6) is 0 Å². The van der Waals surface area contributed by atoms with Crippen LogP contribution in [0.3, 0.4) is 0 Å². The minimum atomic E-state index is -2.65. The van der Waals surface area contributed by atoms with Gasteiger partial charge in [-0.1, -0.05) is 79.1 Å². The molecule has 0 saturated heterocycles. The van der Waals surface area contributed by atoms with E-state index in [4.69, 9.17) is 14.9 Å². The minimum absolute atomic E-state index is 0.148. The molecule has 0 bridgehead atoms. The van der Waals surface area contributed by atoms with Crippen molar-refractivity contribution < 1.29 is 34.4 Å². The fourth-order valence-electron chi connectivity index (χ4n) is 4.55. The first kappa shape index (κ1) is 31.4. The van der Waals surface area contributed by atoms with Crippen LogP contribution in [-0.2, 0) is 19.1 Å². The molecule has 7 nitrogen and oxygen atoms in total. The highest BCUT2D eigenvalue weighted by Crippen LogP contribution is 2.32. The summed E-state index contributed by atoms with van der Waals surface area (Å²) >= 11 is 0. The summed E-state index contributed by atoms with van der Waals surface area (Å²) < 4.78 is 5.16. The van der Waals surface area contributed by atoms with Gasteiger partial charge in [0, 0.05) is 0 Å². The van der Waals surface area contributed by atoms with Crippen molar-refractivity contribution >= 4 is 17.9 Å². The Morgan fingerprint density at radius 1 is 0.758 bits per heavy atom. The molecular formula is C26H48O7. The van der Waals surface area contributed by atoms with Crippen molar-refractivity contribution in [1.29, 1.82) is 0 Å². The van der Waals surface area contributed by atoms with E-state index >= 15 is 0 Å². The van der Waals surface area contributed by atoms with E-state index in [0.717, 1.165) is 6.42 Å². The second-order valence-corrected chi connectivity index (χ2v) is 9.62. The average molecular weight is 473 g/mol. The van der Waals surface area contributed by atoms with E-state index in [0.29, 0.717) is 24.2 Å². The Balaban J connectivity index is 4.83. The molecule has 3 N–H and O–H groups in total. The molecule has 0 saturated carbocycles. The smallest absolute Gasteiger partial charge is 0.336 e. The summed E-state index contributed by atoms with van der Waals surface area (Å²) in [6, 6.07) is 0. The molecule has 0 aliphatic carbocycles. The molecule has 33 heavy (non-hydrogen) atoms. The van der Waals surface area contributed by atoms with Gasteiger partial charge in [-0.3, -0.25) is 9.59 Å². The van der Waals surface area contributed by atoms with E-state index < -0.39 is 36.4 Å². The number of aliphatic hydroxyl groups is 1. The van der Waals surface area contributed by atoms with Crippen molar-refractivity contribution in [2.24, 2.45) is 17.8 Å². The van der Waals surface area contributed by atoms with Crippen LogP contribution in [0.25, 0.3) is 0 Å². The molecule has 0 spiro atoms. The lowest BCUT2D eigenvalue weighted by atomic mass is 9.80. The molecule has 0 heterocycles. The first-order valence-corrected chi connectivity index (χ1v) is 12.9. The molecule has 0 amide bonds. The Labute approximate surface area is 200 Å². The van der Waals surface area contributed by atoms with Crippen LogP contribution in [0.1, 0.15) is 118 Å². The molecule has 3 atom stereocenters.